The third kappa shape index (κ3) is 3.30. The van der Waals surface area contributed by atoms with Crippen LogP contribution in [-0.2, 0) is 4.79 Å². The number of benzene rings is 1. The quantitative estimate of drug-likeness (QED) is 0.912. The van der Waals surface area contributed by atoms with Crippen molar-refractivity contribution in [3.05, 3.63) is 28.2 Å². The van der Waals surface area contributed by atoms with Gasteiger partial charge in [0.2, 0.25) is 5.91 Å². The fraction of sp³-hybridized carbons (Fsp3) is 0.429. The van der Waals surface area contributed by atoms with E-state index in [4.69, 9.17) is 4.74 Å². The highest BCUT2D eigenvalue weighted by Crippen LogP contribution is 2.25. The molecule has 0 aliphatic carbocycles. The van der Waals surface area contributed by atoms with Crippen LogP contribution >= 0.6 is 15.9 Å². The number of nitrogens with one attached hydrogen (secondary N) is 1. The summed E-state index contributed by atoms with van der Waals surface area (Å²) in [5.41, 5.74) is 0.577. The average molecular weight is 341 g/mol. The molecule has 1 aromatic rings. The number of likely N-dealkylation sites (tertiary alicyclic amines) is 1. The van der Waals surface area contributed by atoms with E-state index in [0.29, 0.717) is 24.4 Å². The van der Waals surface area contributed by atoms with Crippen LogP contribution in [-0.4, -0.2) is 43.0 Å². The Bertz CT molecular complexity index is 533. The second-order valence-corrected chi connectivity index (χ2v) is 5.64. The van der Waals surface area contributed by atoms with E-state index in [1.807, 2.05) is 0 Å². The minimum absolute atomic E-state index is 0.0424. The minimum atomic E-state index is -0.0631. The summed E-state index contributed by atoms with van der Waals surface area (Å²) in [5.74, 6) is 0.532. The molecule has 1 atom stereocenters. The molecule has 20 heavy (non-hydrogen) atoms. The van der Waals surface area contributed by atoms with Crippen molar-refractivity contribution in [2.24, 2.45) is 0 Å². The van der Waals surface area contributed by atoms with Crippen molar-refractivity contribution in [2.75, 3.05) is 20.2 Å². The Morgan fingerprint density at radius 3 is 2.85 bits per heavy atom. The Morgan fingerprint density at radius 2 is 2.20 bits per heavy atom. The Hall–Kier alpha value is -1.56. The minimum Gasteiger partial charge on any atom is -0.497 e. The number of hydrogen-bond donors (Lipinski definition) is 1. The third-order valence-corrected chi connectivity index (χ3v) is 3.98. The van der Waals surface area contributed by atoms with Gasteiger partial charge in [-0.1, -0.05) is 0 Å². The molecular formula is C14H17BrN2O3. The van der Waals surface area contributed by atoms with E-state index in [2.05, 4.69) is 21.2 Å². The average Bonchev–Trinajstić information content (AvgIpc) is 2.86. The highest BCUT2D eigenvalue weighted by molar-refractivity contribution is 9.10. The molecule has 1 unspecified atom stereocenters. The fourth-order valence-electron chi connectivity index (χ4n) is 2.32. The maximum atomic E-state index is 12.5. The van der Waals surface area contributed by atoms with Gasteiger partial charge in [0.15, 0.2) is 0 Å². The summed E-state index contributed by atoms with van der Waals surface area (Å²) < 4.78 is 5.89. The molecule has 1 fully saturated rings. The van der Waals surface area contributed by atoms with Gasteiger partial charge in [0.25, 0.3) is 5.91 Å². The summed E-state index contributed by atoms with van der Waals surface area (Å²) in [6.45, 7) is 2.68. The standard InChI is InChI=1S/C14H17BrN2O3/c1-9(18)16-10-5-6-17(8-10)14(19)12-7-11(20-2)3-4-13(12)15/h3-4,7,10H,5-6,8H2,1-2H3,(H,16,18). The van der Waals surface area contributed by atoms with Gasteiger partial charge in [0.05, 0.1) is 12.7 Å². The molecule has 6 heteroatoms. The van der Waals surface area contributed by atoms with Crippen LogP contribution in [0.5, 0.6) is 5.75 Å². The maximum Gasteiger partial charge on any atom is 0.255 e. The number of methoxy groups -OCH3 is 1. The zero-order valence-corrected chi connectivity index (χ0v) is 13.1. The number of hydrogen-bond acceptors (Lipinski definition) is 3. The summed E-state index contributed by atoms with van der Waals surface area (Å²) >= 11 is 3.39. The molecule has 2 rings (SSSR count). The van der Waals surface area contributed by atoms with Crippen LogP contribution < -0.4 is 10.1 Å². The lowest BCUT2D eigenvalue weighted by Gasteiger charge is -2.18. The van der Waals surface area contributed by atoms with E-state index < -0.39 is 0 Å². The third-order valence-electron chi connectivity index (χ3n) is 3.29. The van der Waals surface area contributed by atoms with E-state index in [0.717, 1.165) is 10.9 Å². The molecular weight excluding hydrogens is 324 g/mol. The molecule has 0 saturated carbocycles. The number of carbonyl (C=O) groups excluding carboxylic acids is 2. The first kappa shape index (κ1) is 14.8. The number of halogens is 1. The van der Waals surface area contributed by atoms with Gasteiger partial charge in [-0.05, 0) is 40.5 Å². The Balaban J connectivity index is 2.10. The van der Waals surface area contributed by atoms with Crippen LogP contribution in [0.1, 0.15) is 23.7 Å². The zero-order valence-electron chi connectivity index (χ0n) is 11.5. The topological polar surface area (TPSA) is 58.6 Å². The van der Waals surface area contributed by atoms with Crippen molar-refractivity contribution < 1.29 is 14.3 Å². The molecule has 1 heterocycles. The molecule has 0 radical (unpaired) electrons. The summed E-state index contributed by atoms with van der Waals surface area (Å²) in [5, 5.41) is 2.85. The smallest absolute Gasteiger partial charge is 0.255 e. The molecule has 1 saturated heterocycles. The summed E-state index contributed by atoms with van der Waals surface area (Å²) in [6.07, 6.45) is 0.785. The Labute approximate surface area is 126 Å². The van der Waals surface area contributed by atoms with Gasteiger partial charge in [0, 0.05) is 30.5 Å². The molecule has 108 valence electrons. The van der Waals surface area contributed by atoms with Gasteiger partial charge in [-0.2, -0.15) is 0 Å². The lowest BCUT2D eigenvalue weighted by molar-refractivity contribution is -0.119. The zero-order chi connectivity index (χ0) is 14.7. The first-order chi connectivity index (χ1) is 9.51. The van der Waals surface area contributed by atoms with E-state index >= 15 is 0 Å². The Morgan fingerprint density at radius 1 is 1.45 bits per heavy atom. The first-order valence-electron chi connectivity index (χ1n) is 6.41. The number of carbonyl (C=O) groups is 2. The fourth-order valence-corrected chi connectivity index (χ4v) is 2.73. The highest BCUT2D eigenvalue weighted by atomic mass is 79.9. The molecule has 2 amide bonds. The molecule has 1 aromatic carbocycles. The van der Waals surface area contributed by atoms with Crippen LogP contribution in [0, 0.1) is 0 Å². The van der Waals surface area contributed by atoms with Gasteiger partial charge in [-0.15, -0.1) is 0 Å². The van der Waals surface area contributed by atoms with Crippen molar-refractivity contribution in [1.82, 2.24) is 10.2 Å². The number of ether oxygens (including phenoxy) is 1. The van der Waals surface area contributed by atoms with Crippen molar-refractivity contribution in [3.63, 3.8) is 0 Å². The number of amides is 2. The Kier molecular flexibility index (Phi) is 4.65. The van der Waals surface area contributed by atoms with E-state index in [1.54, 1.807) is 30.2 Å². The van der Waals surface area contributed by atoms with Crippen LogP contribution in [0.15, 0.2) is 22.7 Å². The molecule has 1 aliphatic rings. The van der Waals surface area contributed by atoms with Crippen molar-refractivity contribution in [1.29, 1.82) is 0 Å². The van der Waals surface area contributed by atoms with Crippen molar-refractivity contribution in [3.8, 4) is 5.75 Å². The molecule has 1 N–H and O–H groups in total. The maximum absolute atomic E-state index is 12.5. The molecule has 0 aromatic heterocycles. The molecule has 0 spiro atoms. The normalized spacial score (nSPS) is 17.9. The van der Waals surface area contributed by atoms with Gasteiger partial charge in [-0.3, -0.25) is 9.59 Å². The number of rotatable bonds is 3. The second kappa shape index (κ2) is 6.26. The SMILES string of the molecule is COc1ccc(Br)c(C(=O)N2CCC(NC(C)=O)C2)c1. The van der Waals surface area contributed by atoms with Gasteiger partial charge >= 0.3 is 0 Å². The van der Waals surface area contributed by atoms with Gasteiger partial charge in [-0.25, -0.2) is 0 Å². The van der Waals surface area contributed by atoms with Gasteiger partial charge in [0.1, 0.15) is 5.75 Å². The van der Waals surface area contributed by atoms with Crippen molar-refractivity contribution >= 4 is 27.7 Å². The highest BCUT2D eigenvalue weighted by Gasteiger charge is 2.28. The summed E-state index contributed by atoms with van der Waals surface area (Å²) in [4.78, 5) is 25.3. The van der Waals surface area contributed by atoms with Crippen LogP contribution in [0.4, 0.5) is 0 Å². The van der Waals surface area contributed by atoms with Gasteiger partial charge < -0.3 is 15.0 Å². The summed E-state index contributed by atoms with van der Waals surface area (Å²) in [7, 11) is 1.57. The largest absolute Gasteiger partial charge is 0.497 e. The molecule has 5 nitrogen and oxygen atoms in total. The van der Waals surface area contributed by atoms with Crippen molar-refractivity contribution in [2.45, 2.75) is 19.4 Å². The molecule has 1 aliphatic heterocycles. The molecule has 0 bridgehead atoms. The predicted octanol–water partition coefficient (Wildman–Crippen LogP) is 1.81. The van der Waals surface area contributed by atoms with E-state index in [-0.39, 0.29) is 17.9 Å². The monoisotopic (exact) mass is 340 g/mol. The first-order valence-corrected chi connectivity index (χ1v) is 7.20. The second-order valence-electron chi connectivity index (χ2n) is 4.78. The lowest BCUT2D eigenvalue weighted by Crippen LogP contribution is -2.37. The van der Waals surface area contributed by atoms with Crippen LogP contribution in [0.2, 0.25) is 0 Å². The van der Waals surface area contributed by atoms with Crippen LogP contribution in [0.3, 0.4) is 0 Å². The van der Waals surface area contributed by atoms with Crippen LogP contribution in [0.25, 0.3) is 0 Å². The number of nitrogens with zero attached hydrogens (tertiary/aromatic N) is 1. The van der Waals surface area contributed by atoms with E-state index in [9.17, 15) is 9.59 Å². The lowest BCUT2D eigenvalue weighted by atomic mass is 10.2. The predicted molar refractivity (Wildman–Crippen MR) is 78.8 cm³/mol. The van der Waals surface area contributed by atoms with E-state index in [1.165, 1.54) is 6.92 Å². The summed E-state index contributed by atoms with van der Waals surface area (Å²) in [6, 6.07) is 5.36.